The number of pyridine rings is 1. The third-order valence-corrected chi connectivity index (χ3v) is 4.68. The maximum Gasteiger partial charge on any atom is 0.347 e. The summed E-state index contributed by atoms with van der Waals surface area (Å²) in [4.78, 5) is 37.4. The molecular formula is C24H26N2O6. The highest BCUT2D eigenvalue weighted by Gasteiger charge is 2.18. The third kappa shape index (κ3) is 5.26. The Morgan fingerprint density at radius 3 is 2.47 bits per heavy atom. The number of hydrogen-bond donors (Lipinski definition) is 1. The Morgan fingerprint density at radius 1 is 0.969 bits per heavy atom. The van der Waals surface area contributed by atoms with Crippen LogP contribution in [0.1, 0.15) is 20.8 Å². The average molecular weight is 438 g/mol. The van der Waals surface area contributed by atoms with E-state index in [1.54, 1.807) is 56.3 Å². The Morgan fingerprint density at radius 2 is 1.72 bits per heavy atom. The molecule has 0 radical (unpaired) electrons. The quantitative estimate of drug-likeness (QED) is 0.515. The first-order chi connectivity index (χ1) is 15.4. The van der Waals surface area contributed by atoms with Gasteiger partial charge in [0.1, 0.15) is 18.0 Å². The van der Waals surface area contributed by atoms with Crippen molar-refractivity contribution < 1.29 is 23.8 Å². The first-order valence-electron chi connectivity index (χ1n) is 10.4. The van der Waals surface area contributed by atoms with Crippen LogP contribution in [0.5, 0.6) is 11.5 Å². The molecule has 0 saturated heterocycles. The van der Waals surface area contributed by atoms with Gasteiger partial charge in [0, 0.05) is 11.6 Å². The number of carbonyl (C=O) groups is 2. The predicted octanol–water partition coefficient (Wildman–Crippen LogP) is 3.37. The molecule has 0 aliphatic heterocycles. The monoisotopic (exact) mass is 438 g/mol. The zero-order valence-corrected chi connectivity index (χ0v) is 18.3. The molecule has 0 saturated carbocycles. The highest BCUT2D eigenvalue weighted by molar-refractivity contribution is 5.93. The lowest BCUT2D eigenvalue weighted by Gasteiger charge is -2.16. The molecule has 0 spiro atoms. The van der Waals surface area contributed by atoms with Crippen LogP contribution in [0.15, 0.2) is 59.5 Å². The van der Waals surface area contributed by atoms with Crippen LogP contribution in [-0.4, -0.2) is 35.8 Å². The number of anilines is 1. The minimum Gasteiger partial charge on any atom is -0.492 e. The van der Waals surface area contributed by atoms with Gasteiger partial charge < -0.3 is 24.1 Å². The molecule has 1 N–H and O–H groups in total. The maximum atomic E-state index is 13.0. The smallest absolute Gasteiger partial charge is 0.347 e. The van der Waals surface area contributed by atoms with Gasteiger partial charge in [-0.15, -0.1) is 0 Å². The SMILES string of the molecule is CCOC(=O)[C@H](C)Oc1cccc2c(=O)n(CC(=O)Nc3ccccc3OCC)ccc12. The number of para-hydroxylation sites is 2. The summed E-state index contributed by atoms with van der Waals surface area (Å²) in [6, 6.07) is 13.8. The molecule has 0 unspecified atom stereocenters. The first-order valence-corrected chi connectivity index (χ1v) is 10.4. The van der Waals surface area contributed by atoms with E-state index in [1.165, 1.54) is 10.8 Å². The van der Waals surface area contributed by atoms with E-state index < -0.39 is 12.1 Å². The Hall–Kier alpha value is -3.81. The average Bonchev–Trinajstić information content (AvgIpc) is 2.77. The summed E-state index contributed by atoms with van der Waals surface area (Å²) >= 11 is 0. The molecule has 0 aliphatic rings. The molecule has 1 amide bonds. The van der Waals surface area contributed by atoms with Crippen LogP contribution in [0.2, 0.25) is 0 Å². The Labute approximate surface area is 185 Å². The lowest BCUT2D eigenvalue weighted by molar-refractivity contribution is -0.150. The van der Waals surface area contributed by atoms with Crippen LogP contribution in [0.4, 0.5) is 5.69 Å². The van der Waals surface area contributed by atoms with Gasteiger partial charge in [-0.1, -0.05) is 18.2 Å². The number of aromatic nitrogens is 1. The lowest BCUT2D eigenvalue weighted by atomic mass is 10.1. The number of ether oxygens (including phenoxy) is 3. The van der Waals surface area contributed by atoms with Crippen molar-refractivity contribution in [2.24, 2.45) is 0 Å². The molecule has 0 bridgehead atoms. The molecule has 1 atom stereocenters. The molecule has 3 aromatic rings. The van der Waals surface area contributed by atoms with Crippen LogP contribution in [0.3, 0.4) is 0 Å². The molecule has 168 valence electrons. The molecule has 32 heavy (non-hydrogen) atoms. The first kappa shape index (κ1) is 22.9. The predicted molar refractivity (Wildman–Crippen MR) is 121 cm³/mol. The fourth-order valence-corrected chi connectivity index (χ4v) is 3.21. The summed E-state index contributed by atoms with van der Waals surface area (Å²) in [5.41, 5.74) is 0.196. The second kappa shape index (κ2) is 10.5. The van der Waals surface area contributed by atoms with Gasteiger partial charge in [0.25, 0.3) is 5.56 Å². The highest BCUT2D eigenvalue weighted by Crippen LogP contribution is 2.25. The second-order valence-corrected chi connectivity index (χ2v) is 6.96. The largest absolute Gasteiger partial charge is 0.492 e. The van der Waals surface area contributed by atoms with Crippen LogP contribution in [0.25, 0.3) is 10.8 Å². The number of benzene rings is 2. The molecule has 0 aliphatic carbocycles. The molecule has 2 aromatic carbocycles. The van der Waals surface area contributed by atoms with Gasteiger partial charge in [0.05, 0.1) is 24.3 Å². The van der Waals surface area contributed by atoms with E-state index in [4.69, 9.17) is 14.2 Å². The molecule has 1 heterocycles. The van der Waals surface area contributed by atoms with Crippen molar-refractivity contribution in [3.63, 3.8) is 0 Å². The van der Waals surface area contributed by atoms with Gasteiger partial charge in [0.15, 0.2) is 6.10 Å². The molecule has 8 heteroatoms. The molecule has 3 rings (SSSR count). The summed E-state index contributed by atoms with van der Waals surface area (Å²) < 4.78 is 17.5. The zero-order valence-electron chi connectivity index (χ0n) is 18.3. The van der Waals surface area contributed by atoms with E-state index in [1.807, 2.05) is 13.0 Å². The number of nitrogens with one attached hydrogen (secondary N) is 1. The Kier molecular flexibility index (Phi) is 7.49. The van der Waals surface area contributed by atoms with Crippen LogP contribution < -0.4 is 20.3 Å². The van der Waals surface area contributed by atoms with Crippen molar-refractivity contribution in [1.82, 2.24) is 4.57 Å². The minimum absolute atomic E-state index is 0.167. The van der Waals surface area contributed by atoms with Gasteiger partial charge in [-0.3, -0.25) is 9.59 Å². The van der Waals surface area contributed by atoms with Crippen molar-refractivity contribution in [2.45, 2.75) is 33.4 Å². The van der Waals surface area contributed by atoms with Crippen molar-refractivity contribution in [3.05, 3.63) is 65.1 Å². The van der Waals surface area contributed by atoms with Gasteiger partial charge in [-0.05, 0) is 51.1 Å². The fourth-order valence-electron chi connectivity index (χ4n) is 3.21. The van der Waals surface area contributed by atoms with E-state index in [-0.39, 0.29) is 24.6 Å². The van der Waals surface area contributed by atoms with E-state index in [0.717, 1.165) is 0 Å². The molecule has 0 fully saturated rings. The molecule has 8 nitrogen and oxygen atoms in total. The van der Waals surface area contributed by atoms with Crippen LogP contribution in [-0.2, 0) is 20.9 Å². The number of amides is 1. The van der Waals surface area contributed by atoms with Crippen molar-refractivity contribution in [2.75, 3.05) is 18.5 Å². The zero-order chi connectivity index (χ0) is 23.1. The van der Waals surface area contributed by atoms with E-state index >= 15 is 0 Å². The molecule has 1 aromatic heterocycles. The Balaban J connectivity index is 1.81. The highest BCUT2D eigenvalue weighted by atomic mass is 16.6. The topological polar surface area (TPSA) is 95.9 Å². The summed E-state index contributed by atoms with van der Waals surface area (Å²) in [6.07, 6.45) is 0.708. The number of fused-ring (bicyclic) bond motifs is 1. The number of carbonyl (C=O) groups excluding carboxylic acids is 2. The van der Waals surface area contributed by atoms with Crippen LogP contribution in [0, 0.1) is 0 Å². The maximum absolute atomic E-state index is 13.0. The summed E-state index contributed by atoms with van der Waals surface area (Å²) in [5, 5.41) is 3.71. The third-order valence-electron chi connectivity index (χ3n) is 4.68. The number of rotatable bonds is 9. The lowest BCUT2D eigenvalue weighted by Crippen LogP contribution is -2.28. The molecular weight excluding hydrogens is 412 g/mol. The van der Waals surface area contributed by atoms with Gasteiger partial charge in [0.2, 0.25) is 5.91 Å². The minimum atomic E-state index is -0.820. The van der Waals surface area contributed by atoms with Crippen molar-refractivity contribution >= 4 is 28.3 Å². The van der Waals surface area contributed by atoms with E-state index in [0.29, 0.717) is 34.6 Å². The van der Waals surface area contributed by atoms with E-state index in [9.17, 15) is 14.4 Å². The summed E-state index contributed by atoms with van der Waals surface area (Å²) in [7, 11) is 0. The standard InChI is InChI=1S/C24H26N2O6/c1-4-30-21-11-7-6-10-19(21)25-22(27)15-26-14-13-17-18(23(26)28)9-8-12-20(17)32-16(3)24(29)31-5-2/h6-14,16H,4-5,15H2,1-3H3,(H,25,27)/t16-/m0/s1. The second-order valence-electron chi connectivity index (χ2n) is 6.96. The van der Waals surface area contributed by atoms with Crippen LogP contribution >= 0.6 is 0 Å². The van der Waals surface area contributed by atoms with Gasteiger partial charge in [-0.2, -0.15) is 0 Å². The number of hydrogen-bond acceptors (Lipinski definition) is 6. The summed E-state index contributed by atoms with van der Waals surface area (Å²) in [5.74, 6) is 0.109. The fraction of sp³-hybridized carbons (Fsp3) is 0.292. The van der Waals surface area contributed by atoms with E-state index in [2.05, 4.69) is 5.32 Å². The number of esters is 1. The summed E-state index contributed by atoms with van der Waals surface area (Å²) in [6.45, 7) is 5.72. The Bertz CT molecular complexity index is 1170. The number of nitrogens with zero attached hydrogens (tertiary/aromatic N) is 1. The normalized spacial score (nSPS) is 11.6. The van der Waals surface area contributed by atoms with Crippen molar-refractivity contribution in [1.29, 1.82) is 0 Å². The van der Waals surface area contributed by atoms with Gasteiger partial charge in [-0.25, -0.2) is 4.79 Å². The van der Waals surface area contributed by atoms with Gasteiger partial charge >= 0.3 is 5.97 Å². The van der Waals surface area contributed by atoms with Crippen molar-refractivity contribution in [3.8, 4) is 11.5 Å².